The number of benzene rings is 1. The average molecular weight is 562 g/mol. The number of aryl methyl sites for hydroxylation is 1. The number of piperidine rings is 1. The summed E-state index contributed by atoms with van der Waals surface area (Å²) < 4.78 is 13.9. The summed E-state index contributed by atoms with van der Waals surface area (Å²) in [5, 5.41) is 12.0. The van der Waals surface area contributed by atoms with Gasteiger partial charge in [0.05, 0.1) is 6.33 Å². The number of nitrogen functional groups attached to an aromatic ring is 1. The lowest BCUT2D eigenvalue weighted by Crippen LogP contribution is -2.45. The molecule has 0 spiro atoms. The number of likely N-dealkylation sites (tertiary alicyclic amines) is 1. The molecule has 0 radical (unpaired) electrons. The Morgan fingerprint density at radius 2 is 2.03 bits per heavy atom. The predicted molar refractivity (Wildman–Crippen MR) is 138 cm³/mol. The topological polar surface area (TPSA) is 127 Å². The molecule has 4 aliphatic rings. The van der Waals surface area contributed by atoms with Crippen molar-refractivity contribution in [2.75, 3.05) is 32.2 Å². The maximum absolute atomic E-state index is 8.19. The lowest BCUT2D eigenvalue weighted by atomic mass is 9.93. The molecule has 186 valence electrons. The number of hydrogen-bond acceptors (Lipinski definition) is 8. The zero-order valence-corrected chi connectivity index (χ0v) is 22.0. The molecule has 1 fully saturated rings. The number of fused-ring (bicyclic) bond motifs is 2. The number of nitrogens with one attached hydrogen (secondary N) is 2. The van der Waals surface area contributed by atoms with E-state index >= 15 is 0 Å². The normalized spacial score (nSPS) is 15.7. The molecule has 4 N–H and O–H groups in total. The van der Waals surface area contributed by atoms with Crippen molar-refractivity contribution in [3.63, 3.8) is 0 Å². The molecule has 1 aromatic carbocycles. The van der Waals surface area contributed by atoms with E-state index in [1.807, 2.05) is 12.1 Å². The van der Waals surface area contributed by atoms with Gasteiger partial charge in [0.25, 0.3) is 0 Å². The maximum atomic E-state index is 8.19. The van der Waals surface area contributed by atoms with Crippen molar-refractivity contribution in [1.29, 1.82) is 5.41 Å². The summed E-state index contributed by atoms with van der Waals surface area (Å²) >= 11 is 5.04. The summed E-state index contributed by atoms with van der Waals surface area (Å²) in [5.74, 6) is 3.72. The number of nitrogens with two attached hydrogens (primary N) is 1. The minimum absolute atomic E-state index is 0.228. The monoisotopic (exact) mass is 560 g/mol. The minimum Gasteiger partial charge on any atom is -0.454 e. The van der Waals surface area contributed by atoms with Gasteiger partial charge in [0.1, 0.15) is 0 Å². The fraction of sp³-hybridized carbons (Fsp3) is 0.478. The van der Waals surface area contributed by atoms with Crippen molar-refractivity contribution in [1.82, 2.24) is 29.7 Å². The molecule has 5 rings (SSSR count). The maximum Gasteiger partial charge on any atom is 0.231 e. The van der Waals surface area contributed by atoms with Crippen LogP contribution >= 0.6 is 27.7 Å². The number of nitrogens with zero attached hydrogens (tertiary/aromatic N) is 5. The predicted octanol–water partition coefficient (Wildman–Crippen LogP) is 4.04. The summed E-state index contributed by atoms with van der Waals surface area (Å²) in [7, 11) is 0. The highest BCUT2D eigenvalue weighted by Crippen LogP contribution is 2.43. The van der Waals surface area contributed by atoms with Crippen molar-refractivity contribution in [2.24, 2.45) is 5.92 Å². The molecule has 0 amide bonds. The van der Waals surface area contributed by atoms with Gasteiger partial charge in [-0.1, -0.05) is 6.92 Å². The quantitative estimate of drug-likeness (QED) is 0.289. The Labute approximate surface area is 217 Å². The zero-order valence-electron chi connectivity index (χ0n) is 19.6. The Morgan fingerprint density at radius 3 is 2.80 bits per heavy atom. The van der Waals surface area contributed by atoms with Crippen LogP contribution in [0.3, 0.4) is 0 Å². The molecule has 35 heavy (non-hydrogen) atoms. The van der Waals surface area contributed by atoms with Gasteiger partial charge in [-0.25, -0.2) is 15.0 Å². The summed E-state index contributed by atoms with van der Waals surface area (Å²) in [6.07, 6.45) is 5.97. The summed E-state index contributed by atoms with van der Waals surface area (Å²) in [6.45, 7) is 5.83. The number of anilines is 1. The van der Waals surface area contributed by atoms with Gasteiger partial charge in [-0.3, -0.25) is 5.41 Å². The van der Waals surface area contributed by atoms with Crippen molar-refractivity contribution >= 4 is 39.5 Å². The number of ether oxygens (including phenoxy) is 2. The van der Waals surface area contributed by atoms with Crippen molar-refractivity contribution < 1.29 is 9.47 Å². The highest BCUT2D eigenvalue weighted by molar-refractivity contribution is 9.10. The lowest BCUT2D eigenvalue weighted by Gasteiger charge is -2.33. The van der Waals surface area contributed by atoms with E-state index in [0.29, 0.717) is 34.3 Å². The number of halogens is 1. The van der Waals surface area contributed by atoms with Crippen LogP contribution < -0.4 is 20.5 Å². The van der Waals surface area contributed by atoms with Gasteiger partial charge >= 0.3 is 0 Å². The second kappa shape index (κ2) is 10.5. The third kappa shape index (κ3) is 5.27. The van der Waals surface area contributed by atoms with Crippen LogP contribution in [0.25, 0.3) is 11.5 Å². The molecule has 0 bridgehead atoms. The van der Waals surface area contributed by atoms with Gasteiger partial charge in [0, 0.05) is 35.5 Å². The van der Waals surface area contributed by atoms with Crippen LogP contribution in [0.4, 0.5) is 5.82 Å². The van der Waals surface area contributed by atoms with E-state index in [0.717, 1.165) is 72.8 Å². The van der Waals surface area contributed by atoms with E-state index in [9.17, 15) is 0 Å². The molecule has 0 saturated carbocycles. The molecule has 0 atom stereocenters. The second-order valence-corrected chi connectivity index (χ2v) is 10.6. The minimum atomic E-state index is 0.228. The fourth-order valence-electron chi connectivity index (χ4n) is 4.34. The van der Waals surface area contributed by atoms with Crippen LogP contribution in [-0.2, 0) is 6.54 Å². The molecule has 1 aromatic rings. The SMILES string of the molecule is CCCNC(=N)N1CCC(CCn2cnc(N)c3nc(Sc4cc5c(cc4Br)OCO5)nc2-3)CC1. The molecular weight excluding hydrogens is 532 g/mol. The number of aromatic nitrogens is 4. The number of hydrogen-bond donors (Lipinski definition) is 3. The van der Waals surface area contributed by atoms with Crippen LogP contribution in [0.15, 0.2) is 33.0 Å². The van der Waals surface area contributed by atoms with Gasteiger partial charge in [0.2, 0.25) is 6.79 Å². The average Bonchev–Trinajstić information content (AvgIpc) is 3.50. The van der Waals surface area contributed by atoms with E-state index in [1.165, 1.54) is 11.8 Å². The van der Waals surface area contributed by atoms with Gasteiger partial charge in [-0.05, 0) is 71.4 Å². The first-order valence-electron chi connectivity index (χ1n) is 11.8. The fourth-order valence-corrected chi connectivity index (χ4v) is 5.69. The van der Waals surface area contributed by atoms with Crippen LogP contribution in [0.5, 0.6) is 11.5 Å². The molecule has 4 aliphatic heterocycles. The van der Waals surface area contributed by atoms with E-state index in [2.05, 4.69) is 47.6 Å². The molecule has 0 aromatic heterocycles. The van der Waals surface area contributed by atoms with E-state index in [1.54, 1.807) is 6.33 Å². The van der Waals surface area contributed by atoms with E-state index in [4.69, 9.17) is 25.6 Å². The van der Waals surface area contributed by atoms with Crippen molar-refractivity contribution in [3.05, 3.63) is 22.9 Å². The molecule has 4 heterocycles. The number of guanidine groups is 1. The first kappa shape index (κ1) is 24.0. The molecule has 0 aliphatic carbocycles. The Kier molecular flexibility index (Phi) is 7.19. The zero-order chi connectivity index (χ0) is 24.4. The van der Waals surface area contributed by atoms with Crippen LogP contribution in [0.1, 0.15) is 32.6 Å². The Morgan fingerprint density at radius 1 is 1.26 bits per heavy atom. The standard InChI is InChI=1S/C23H29BrN8O2S/c1-2-6-27-22(26)31-7-3-14(4-8-31)5-9-32-12-28-20(25)19-21(32)30-23(29-19)35-18-11-17-16(10-15(18)24)33-13-34-17/h10-12,14H,2-9,13,25H2,1H3,(H2,26,27). The largest absolute Gasteiger partial charge is 0.454 e. The van der Waals surface area contributed by atoms with Crippen molar-refractivity contribution in [2.45, 2.75) is 49.2 Å². The van der Waals surface area contributed by atoms with Gasteiger partial charge in [0.15, 0.2) is 40.0 Å². The first-order valence-corrected chi connectivity index (χ1v) is 13.5. The summed E-state index contributed by atoms with van der Waals surface area (Å²) in [4.78, 5) is 16.9. The first-order chi connectivity index (χ1) is 17.0. The molecular formula is C23H29BrN8O2S. The van der Waals surface area contributed by atoms with Crippen LogP contribution in [0.2, 0.25) is 0 Å². The van der Waals surface area contributed by atoms with E-state index < -0.39 is 0 Å². The molecule has 0 unspecified atom stereocenters. The van der Waals surface area contributed by atoms with Crippen LogP contribution in [-0.4, -0.2) is 56.8 Å². The van der Waals surface area contributed by atoms with Crippen molar-refractivity contribution in [3.8, 4) is 23.0 Å². The highest BCUT2D eigenvalue weighted by Gasteiger charge is 2.24. The molecule has 10 nitrogen and oxygen atoms in total. The van der Waals surface area contributed by atoms with Gasteiger partial charge in [-0.15, -0.1) is 0 Å². The smallest absolute Gasteiger partial charge is 0.231 e. The van der Waals surface area contributed by atoms with E-state index in [-0.39, 0.29) is 6.79 Å². The Balaban J connectivity index is 1.24. The van der Waals surface area contributed by atoms with Gasteiger partial charge in [-0.2, -0.15) is 0 Å². The molecule has 12 heteroatoms. The Bertz CT molecular complexity index is 1180. The Hall–Kier alpha value is -2.73. The third-order valence-corrected chi connectivity index (χ3v) is 8.19. The second-order valence-electron chi connectivity index (χ2n) is 8.73. The van der Waals surface area contributed by atoms with Crippen LogP contribution in [0, 0.1) is 11.3 Å². The summed E-state index contributed by atoms with van der Waals surface area (Å²) in [6, 6.07) is 3.83. The number of rotatable bonds is 7. The third-order valence-electron chi connectivity index (χ3n) is 6.35. The lowest BCUT2D eigenvalue weighted by molar-refractivity contribution is 0.174. The van der Waals surface area contributed by atoms with Gasteiger partial charge < -0.3 is 30.0 Å². The molecule has 1 saturated heterocycles. The number of imidazole rings is 1. The summed E-state index contributed by atoms with van der Waals surface area (Å²) in [5.41, 5.74) is 6.76. The highest BCUT2D eigenvalue weighted by atomic mass is 79.9.